The van der Waals surface area contributed by atoms with Crippen LogP contribution in [0, 0.1) is 5.92 Å². The first kappa shape index (κ1) is 17.5. The molecule has 1 aliphatic carbocycles. The van der Waals surface area contributed by atoms with Gasteiger partial charge in [-0.15, -0.1) is 6.58 Å². The average molecular weight is 306 g/mol. The van der Waals surface area contributed by atoms with Crippen LogP contribution in [0.1, 0.15) is 47.5 Å². The van der Waals surface area contributed by atoms with Crippen LogP contribution in [-0.4, -0.2) is 30.2 Å². The fourth-order valence-electron chi connectivity index (χ4n) is 4.00. The minimum Gasteiger partial charge on any atom is -0.366 e. The Bertz CT molecular complexity index is 477. The molecule has 1 saturated carbocycles. The predicted octanol–water partition coefficient (Wildman–Crippen LogP) is 4.40. The Morgan fingerprint density at radius 2 is 2.00 bits per heavy atom. The molecule has 0 amide bonds. The number of allylic oxidation sites excluding steroid dienone is 1. The molecular formula is C19H30O3. The lowest BCUT2D eigenvalue weighted by Crippen LogP contribution is -2.55. The quantitative estimate of drug-likeness (QED) is 0.705. The Balaban J connectivity index is 2.44. The first-order valence-corrected chi connectivity index (χ1v) is 8.16. The molecule has 3 nitrogen and oxygen atoms in total. The molecule has 22 heavy (non-hydrogen) atoms. The van der Waals surface area contributed by atoms with E-state index in [1.807, 2.05) is 19.9 Å². The molecule has 2 rings (SSSR count). The molecule has 0 radical (unpaired) electrons. The molecule has 0 aromatic carbocycles. The first-order valence-electron chi connectivity index (χ1n) is 8.16. The van der Waals surface area contributed by atoms with Gasteiger partial charge in [-0.05, 0) is 53.0 Å². The highest BCUT2D eigenvalue weighted by molar-refractivity contribution is 5.27. The average Bonchev–Trinajstić information content (AvgIpc) is 2.76. The lowest BCUT2D eigenvalue weighted by atomic mass is 9.66. The Hall–Kier alpha value is -0.900. The van der Waals surface area contributed by atoms with Crippen molar-refractivity contribution in [1.29, 1.82) is 0 Å². The van der Waals surface area contributed by atoms with Crippen molar-refractivity contribution in [2.45, 2.75) is 71.1 Å². The van der Waals surface area contributed by atoms with Gasteiger partial charge in [0, 0.05) is 5.92 Å². The number of rotatable bonds is 5. The molecule has 0 unspecified atom stereocenters. The molecule has 0 aromatic rings. The van der Waals surface area contributed by atoms with Gasteiger partial charge in [0.15, 0.2) is 5.79 Å². The van der Waals surface area contributed by atoms with Gasteiger partial charge in [-0.25, -0.2) is 0 Å². The Morgan fingerprint density at radius 1 is 1.32 bits per heavy atom. The zero-order valence-corrected chi connectivity index (χ0v) is 14.6. The minimum atomic E-state index is -0.540. The standard InChI is InChI=1S/C19H30O3/c1-8-12-20-19(14(5)9-2)11-10-15-17(16(19)13(3)4)22-18(6,7)21-15/h8-9,15-17H,1,3,10-12H2,2,4-7H3/b14-9+/t15-,16+,17-,19+/m1/s1. The van der Waals surface area contributed by atoms with Gasteiger partial charge in [-0.2, -0.15) is 0 Å². The van der Waals surface area contributed by atoms with Crippen molar-refractivity contribution in [3.05, 3.63) is 36.5 Å². The van der Waals surface area contributed by atoms with Gasteiger partial charge in [0.25, 0.3) is 0 Å². The summed E-state index contributed by atoms with van der Waals surface area (Å²) in [7, 11) is 0. The molecule has 0 spiro atoms. The molecule has 3 heteroatoms. The van der Waals surface area contributed by atoms with E-state index in [2.05, 4.69) is 40.0 Å². The third-order valence-corrected chi connectivity index (χ3v) is 4.94. The van der Waals surface area contributed by atoms with Crippen LogP contribution in [0.25, 0.3) is 0 Å². The zero-order chi connectivity index (χ0) is 16.5. The topological polar surface area (TPSA) is 27.7 Å². The summed E-state index contributed by atoms with van der Waals surface area (Å²) in [4.78, 5) is 0. The number of fused-ring (bicyclic) bond motifs is 1. The van der Waals surface area contributed by atoms with Crippen molar-refractivity contribution >= 4 is 0 Å². The summed E-state index contributed by atoms with van der Waals surface area (Å²) < 4.78 is 18.7. The second kappa shape index (κ2) is 6.31. The van der Waals surface area contributed by atoms with Crippen molar-refractivity contribution in [2.75, 3.05) is 6.61 Å². The lowest BCUT2D eigenvalue weighted by Gasteiger charge is -2.49. The van der Waals surface area contributed by atoms with Crippen LogP contribution in [0.2, 0.25) is 0 Å². The summed E-state index contributed by atoms with van der Waals surface area (Å²) in [5.41, 5.74) is 1.94. The monoisotopic (exact) mass is 306 g/mol. The summed E-state index contributed by atoms with van der Waals surface area (Å²) in [6, 6.07) is 0. The second-order valence-electron chi connectivity index (χ2n) is 6.96. The number of hydrogen-bond donors (Lipinski definition) is 0. The van der Waals surface area contributed by atoms with Gasteiger partial charge >= 0.3 is 0 Å². The third kappa shape index (κ3) is 2.94. The predicted molar refractivity (Wildman–Crippen MR) is 89.7 cm³/mol. The lowest BCUT2D eigenvalue weighted by molar-refractivity contribution is -0.154. The van der Waals surface area contributed by atoms with E-state index in [1.54, 1.807) is 0 Å². The van der Waals surface area contributed by atoms with E-state index in [0.717, 1.165) is 18.4 Å². The molecule has 1 saturated heterocycles. The van der Waals surface area contributed by atoms with Crippen molar-refractivity contribution in [2.24, 2.45) is 5.92 Å². The maximum atomic E-state index is 6.34. The molecule has 0 aromatic heterocycles. The van der Waals surface area contributed by atoms with Crippen LogP contribution in [0.3, 0.4) is 0 Å². The third-order valence-electron chi connectivity index (χ3n) is 4.94. The van der Waals surface area contributed by atoms with E-state index >= 15 is 0 Å². The van der Waals surface area contributed by atoms with Crippen molar-refractivity contribution < 1.29 is 14.2 Å². The van der Waals surface area contributed by atoms with Crippen LogP contribution in [0.4, 0.5) is 0 Å². The molecule has 2 fully saturated rings. The summed E-state index contributed by atoms with van der Waals surface area (Å²) >= 11 is 0. The van der Waals surface area contributed by atoms with Crippen LogP contribution in [0.5, 0.6) is 0 Å². The van der Waals surface area contributed by atoms with Gasteiger partial charge in [0.2, 0.25) is 0 Å². The molecule has 2 aliphatic rings. The van der Waals surface area contributed by atoms with E-state index in [1.165, 1.54) is 5.57 Å². The van der Waals surface area contributed by atoms with E-state index < -0.39 is 5.79 Å². The van der Waals surface area contributed by atoms with Crippen LogP contribution >= 0.6 is 0 Å². The molecule has 0 N–H and O–H groups in total. The Morgan fingerprint density at radius 3 is 2.55 bits per heavy atom. The molecule has 1 aliphatic heterocycles. The molecule has 4 atom stereocenters. The first-order chi connectivity index (χ1) is 10.3. The zero-order valence-electron chi connectivity index (χ0n) is 14.6. The molecular weight excluding hydrogens is 276 g/mol. The fourth-order valence-corrected chi connectivity index (χ4v) is 4.00. The Kier molecular flexibility index (Phi) is 5.00. The molecule has 1 heterocycles. The van der Waals surface area contributed by atoms with Crippen LogP contribution in [0.15, 0.2) is 36.5 Å². The summed E-state index contributed by atoms with van der Waals surface area (Å²) in [6.45, 7) is 18.8. The highest BCUT2D eigenvalue weighted by Crippen LogP contribution is 2.51. The van der Waals surface area contributed by atoms with E-state index in [0.29, 0.717) is 6.61 Å². The fraction of sp³-hybridized carbons (Fsp3) is 0.684. The van der Waals surface area contributed by atoms with Gasteiger partial charge in [0.1, 0.15) is 0 Å². The summed E-state index contributed by atoms with van der Waals surface area (Å²) in [5.74, 6) is -0.453. The minimum absolute atomic E-state index is 0.0130. The van der Waals surface area contributed by atoms with Crippen molar-refractivity contribution in [3.8, 4) is 0 Å². The van der Waals surface area contributed by atoms with Crippen molar-refractivity contribution in [1.82, 2.24) is 0 Å². The number of ether oxygens (including phenoxy) is 3. The molecule has 124 valence electrons. The summed E-state index contributed by atoms with van der Waals surface area (Å²) in [6.07, 6.45) is 5.89. The van der Waals surface area contributed by atoms with Crippen molar-refractivity contribution in [3.63, 3.8) is 0 Å². The maximum Gasteiger partial charge on any atom is 0.163 e. The van der Waals surface area contributed by atoms with E-state index in [9.17, 15) is 0 Å². The van der Waals surface area contributed by atoms with Crippen LogP contribution < -0.4 is 0 Å². The van der Waals surface area contributed by atoms with Gasteiger partial charge in [-0.1, -0.05) is 24.3 Å². The van der Waals surface area contributed by atoms with Gasteiger partial charge in [0.05, 0.1) is 24.4 Å². The number of hydrogen-bond acceptors (Lipinski definition) is 3. The largest absolute Gasteiger partial charge is 0.366 e. The van der Waals surface area contributed by atoms with Crippen LogP contribution in [-0.2, 0) is 14.2 Å². The highest BCUT2D eigenvalue weighted by Gasteiger charge is 2.57. The molecule has 0 bridgehead atoms. The van der Waals surface area contributed by atoms with E-state index in [-0.39, 0.29) is 23.7 Å². The van der Waals surface area contributed by atoms with Gasteiger partial charge in [-0.3, -0.25) is 0 Å². The summed E-state index contributed by atoms with van der Waals surface area (Å²) in [5, 5.41) is 0. The van der Waals surface area contributed by atoms with Gasteiger partial charge < -0.3 is 14.2 Å². The SMILES string of the molecule is C=CCO[C@]1(/C(C)=C/C)CC[C@H]2OC(C)(C)O[C@H]2[C@@H]1C(=C)C. The highest BCUT2D eigenvalue weighted by atomic mass is 16.8. The normalized spacial score (nSPS) is 37.7. The Labute approximate surface area is 135 Å². The van der Waals surface area contributed by atoms with E-state index in [4.69, 9.17) is 14.2 Å². The smallest absolute Gasteiger partial charge is 0.163 e. The maximum absolute atomic E-state index is 6.34. The second-order valence-corrected chi connectivity index (χ2v) is 6.96.